The van der Waals surface area contributed by atoms with Gasteiger partial charge >= 0.3 is 0 Å². The van der Waals surface area contributed by atoms with Crippen LogP contribution in [0, 0.1) is 5.82 Å². The molecule has 0 atom stereocenters. The van der Waals surface area contributed by atoms with E-state index in [9.17, 15) is 4.39 Å². The first-order chi connectivity index (χ1) is 8.56. The summed E-state index contributed by atoms with van der Waals surface area (Å²) in [4.78, 5) is 0. The molecular formula is C13H10Cl2FNO. The molecule has 2 aromatic rings. The van der Waals surface area contributed by atoms with E-state index in [1.807, 2.05) is 0 Å². The molecule has 0 radical (unpaired) electrons. The van der Waals surface area contributed by atoms with Crippen molar-refractivity contribution in [2.45, 2.75) is 6.61 Å². The zero-order chi connectivity index (χ0) is 13.1. The normalized spacial score (nSPS) is 10.4. The van der Waals surface area contributed by atoms with E-state index in [2.05, 4.69) is 0 Å². The zero-order valence-corrected chi connectivity index (χ0v) is 10.8. The molecule has 0 unspecified atom stereocenters. The van der Waals surface area contributed by atoms with Crippen molar-refractivity contribution in [3.63, 3.8) is 0 Å². The average molecular weight is 286 g/mol. The van der Waals surface area contributed by atoms with E-state index in [0.717, 1.165) is 0 Å². The fourth-order valence-corrected chi connectivity index (χ4v) is 2.11. The first-order valence-electron chi connectivity index (χ1n) is 5.18. The van der Waals surface area contributed by atoms with Crippen LogP contribution in [0.25, 0.3) is 0 Å². The molecule has 0 heterocycles. The van der Waals surface area contributed by atoms with Gasteiger partial charge in [0.05, 0.1) is 10.0 Å². The summed E-state index contributed by atoms with van der Waals surface area (Å²) in [6, 6.07) is 9.22. The van der Waals surface area contributed by atoms with E-state index in [1.165, 1.54) is 12.1 Å². The third-order valence-electron chi connectivity index (χ3n) is 2.29. The number of halogens is 3. The minimum atomic E-state index is -0.314. The quantitative estimate of drug-likeness (QED) is 0.854. The van der Waals surface area contributed by atoms with Gasteiger partial charge in [0, 0.05) is 5.69 Å². The molecule has 0 aliphatic carbocycles. The van der Waals surface area contributed by atoms with E-state index in [1.54, 1.807) is 24.3 Å². The van der Waals surface area contributed by atoms with Gasteiger partial charge in [-0.3, -0.25) is 0 Å². The zero-order valence-electron chi connectivity index (χ0n) is 9.29. The number of hydrogen-bond donors (Lipinski definition) is 1. The predicted molar refractivity (Wildman–Crippen MR) is 71.6 cm³/mol. The number of nitrogen functional groups attached to an aromatic ring is 1. The summed E-state index contributed by atoms with van der Waals surface area (Å²) in [6.45, 7) is 0.182. The number of hydrogen-bond acceptors (Lipinski definition) is 2. The number of rotatable bonds is 3. The molecule has 18 heavy (non-hydrogen) atoms. The van der Waals surface area contributed by atoms with Crippen molar-refractivity contribution < 1.29 is 9.13 Å². The SMILES string of the molecule is Nc1cc(Cl)c(OCc2cccc(F)c2)c(Cl)c1. The van der Waals surface area contributed by atoms with Crippen LogP contribution in [0.5, 0.6) is 5.75 Å². The maximum atomic E-state index is 13.0. The Kier molecular flexibility index (Phi) is 3.94. The smallest absolute Gasteiger partial charge is 0.157 e. The van der Waals surface area contributed by atoms with Gasteiger partial charge in [0.1, 0.15) is 12.4 Å². The topological polar surface area (TPSA) is 35.2 Å². The second-order valence-corrected chi connectivity index (χ2v) is 4.55. The van der Waals surface area contributed by atoms with Crippen molar-refractivity contribution in [2.24, 2.45) is 0 Å². The van der Waals surface area contributed by atoms with Crippen molar-refractivity contribution in [3.8, 4) is 5.75 Å². The van der Waals surface area contributed by atoms with Gasteiger partial charge in [-0.25, -0.2) is 4.39 Å². The second kappa shape index (κ2) is 5.46. The molecule has 94 valence electrons. The molecule has 0 amide bonds. The Bertz CT molecular complexity index is 552. The molecule has 2 rings (SSSR count). The number of nitrogens with two attached hydrogens (primary N) is 1. The molecule has 2 aromatic carbocycles. The lowest BCUT2D eigenvalue weighted by molar-refractivity contribution is 0.306. The van der Waals surface area contributed by atoms with E-state index in [4.69, 9.17) is 33.7 Å². The molecule has 2 N–H and O–H groups in total. The molecule has 0 saturated heterocycles. The summed E-state index contributed by atoms with van der Waals surface area (Å²) >= 11 is 11.9. The highest BCUT2D eigenvalue weighted by molar-refractivity contribution is 6.37. The molecule has 0 spiro atoms. The molecule has 0 aliphatic heterocycles. The van der Waals surface area contributed by atoms with Crippen molar-refractivity contribution in [3.05, 3.63) is 57.8 Å². The Balaban J connectivity index is 2.16. The van der Waals surface area contributed by atoms with Gasteiger partial charge in [-0.05, 0) is 29.8 Å². The highest BCUT2D eigenvalue weighted by atomic mass is 35.5. The Hall–Kier alpha value is -1.45. The Morgan fingerprint density at radius 2 is 1.78 bits per heavy atom. The van der Waals surface area contributed by atoms with Crippen LogP contribution < -0.4 is 10.5 Å². The summed E-state index contributed by atoms with van der Waals surface area (Å²) in [7, 11) is 0. The van der Waals surface area contributed by atoms with E-state index in [-0.39, 0.29) is 12.4 Å². The summed E-state index contributed by atoms with van der Waals surface area (Å²) in [6.07, 6.45) is 0. The predicted octanol–water partition coefficient (Wildman–Crippen LogP) is 4.29. The van der Waals surface area contributed by atoms with Crippen LogP contribution in [-0.2, 0) is 6.61 Å². The van der Waals surface area contributed by atoms with Crippen LogP contribution in [0.15, 0.2) is 36.4 Å². The van der Waals surface area contributed by atoms with E-state index < -0.39 is 0 Å². The fourth-order valence-electron chi connectivity index (χ4n) is 1.50. The van der Waals surface area contributed by atoms with Gasteiger partial charge in [-0.15, -0.1) is 0 Å². The molecule has 0 aromatic heterocycles. The summed E-state index contributed by atoms with van der Waals surface area (Å²) < 4.78 is 18.5. The van der Waals surface area contributed by atoms with Crippen LogP contribution in [0.4, 0.5) is 10.1 Å². The van der Waals surface area contributed by atoms with Crippen molar-refractivity contribution in [1.29, 1.82) is 0 Å². The molecule has 5 heteroatoms. The van der Waals surface area contributed by atoms with Crippen molar-refractivity contribution in [2.75, 3.05) is 5.73 Å². The fraction of sp³-hybridized carbons (Fsp3) is 0.0769. The molecule has 0 bridgehead atoms. The molecule has 0 fully saturated rings. The van der Waals surface area contributed by atoms with Gasteiger partial charge in [-0.1, -0.05) is 35.3 Å². The summed E-state index contributed by atoms with van der Waals surface area (Å²) in [5.74, 6) is 0.0300. The highest BCUT2D eigenvalue weighted by Crippen LogP contribution is 2.35. The van der Waals surface area contributed by atoms with Gasteiger partial charge < -0.3 is 10.5 Å². The van der Waals surface area contributed by atoms with Gasteiger partial charge in [0.25, 0.3) is 0 Å². The Labute approximate surface area is 114 Å². The van der Waals surface area contributed by atoms with Gasteiger partial charge in [-0.2, -0.15) is 0 Å². The lowest BCUT2D eigenvalue weighted by Crippen LogP contribution is -1.98. The molecular weight excluding hydrogens is 276 g/mol. The lowest BCUT2D eigenvalue weighted by Gasteiger charge is -2.10. The monoisotopic (exact) mass is 285 g/mol. The molecule has 2 nitrogen and oxygen atoms in total. The van der Waals surface area contributed by atoms with Gasteiger partial charge in [0.15, 0.2) is 5.75 Å². The van der Waals surface area contributed by atoms with Crippen LogP contribution in [0.3, 0.4) is 0 Å². The Morgan fingerprint density at radius 1 is 1.11 bits per heavy atom. The summed E-state index contributed by atoms with van der Waals surface area (Å²) in [5.41, 5.74) is 6.74. The first kappa shape index (κ1) is 13.0. The maximum absolute atomic E-state index is 13.0. The third kappa shape index (κ3) is 3.06. The van der Waals surface area contributed by atoms with Crippen LogP contribution in [0.1, 0.15) is 5.56 Å². The largest absolute Gasteiger partial charge is 0.486 e. The van der Waals surface area contributed by atoms with E-state index >= 15 is 0 Å². The van der Waals surface area contributed by atoms with Crippen LogP contribution in [-0.4, -0.2) is 0 Å². The number of anilines is 1. The average Bonchev–Trinajstić information content (AvgIpc) is 2.27. The van der Waals surface area contributed by atoms with Crippen LogP contribution >= 0.6 is 23.2 Å². The van der Waals surface area contributed by atoms with Crippen molar-refractivity contribution in [1.82, 2.24) is 0 Å². The van der Waals surface area contributed by atoms with Crippen molar-refractivity contribution >= 4 is 28.9 Å². The minimum Gasteiger partial charge on any atom is -0.486 e. The Morgan fingerprint density at radius 3 is 2.39 bits per heavy atom. The molecule has 0 aliphatic rings. The highest BCUT2D eigenvalue weighted by Gasteiger charge is 2.09. The first-order valence-corrected chi connectivity index (χ1v) is 5.93. The number of ether oxygens (including phenoxy) is 1. The maximum Gasteiger partial charge on any atom is 0.157 e. The van der Waals surface area contributed by atoms with Crippen LogP contribution in [0.2, 0.25) is 10.0 Å². The van der Waals surface area contributed by atoms with E-state index in [0.29, 0.717) is 27.0 Å². The van der Waals surface area contributed by atoms with Gasteiger partial charge in [0.2, 0.25) is 0 Å². The summed E-state index contributed by atoms with van der Waals surface area (Å²) in [5, 5.41) is 0.660. The second-order valence-electron chi connectivity index (χ2n) is 3.73. The third-order valence-corrected chi connectivity index (χ3v) is 2.85. The standard InChI is InChI=1S/C13H10Cl2FNO/c14-11-5-10(17)6-12(15)13(11)18-7-8-2-1-3-9(16)4-8/h1-6H,7,17H2. The lowest BCUT2D eigenvalue weighted by atomic mass is 10.2. The molecule has 0 saturated carbocycles. The number of benzene rings is 2. The minimum absolute atomic E-state index is 0.182.